The van der Waals surface area contributed by atoms with Crippen LogP contribution in [0.2, 0.25) is 0 Å². The molecule has 0 unspecified atom stereocenters. The van der Waals surface area contributed by atoms with Crippen molar-refractivity contribution in [1.29, 1.82) is 0 Å². The summed E-state index contributed by atoms with van der Waals surface area (Å²) in [5, 5.41) is 0. The summed E-state index contributed by atoms with van der Waals surface area (Å²) in [5.74, 6) is 0. The highest BCUT2D eigenvalue weighted by Crippen LogP contribution is 2.20. The molecule has 0 fully saturated rings. The van der Waals surface area contributed by atoms with E-state index in [-0.39, 0.29) is 0 Å². The van der Waals surface area contributed by atoms with Crippen molar-refractivity contribution >= 4 is 32.6 Å². The minimum absolute atomic E-state index is 0.330. The second kappa shape index (κ2) is 7.28. The van der Waals surface area contributed by atoms with Gasteiger partial charge in [-0.3, -0.25) is 4.31 Å². The van der Waals surface area contributed by atoms with E-state index in [1.54, 1.807) is 25.4 Å². The predicted molar refractivity (Wildman–Crippen MR) is 87.8 cm³/mol. The molecule has 3 nitrogen and oxygen atoms in total. The summed E-state index contributed by atoms with van der Waals surface area (Å²) >= 11 is 2.20. The molecule has 0 atom stereocenters. The van der Waals surface area contributed by atoms with Gasteiger partial charge in [-0.1, -0.05) is 31.0 Å². The smallest absolute Gasteiger partial charge is 0.263 e. The van der Waals surface area contributed by atoms with Crippen LogP contribution in [0.4, 0.5) is 0 Å². The van der Waals surface area contributed by atoms with Gasteiger partial charge in [0.25, 0.3) is 10.0 Å². The summed E-state index contributed by atoms with van der Waals surface area (Å²) in [6.07, 6.45) is 4.80. The summed E-state index contributed by atoms with van der Waals surface area (Å²) in [7, 11) is -1.84. The van der Waals surface area contributed by atoms with Gasteiger partial charge in [-0.05, 0) is 54.5 Å². The van der Waals surface area contributed by atoms with E-state index in [0.29, 0.717) is 4.90 Å². The average molecular weight is 393 g/mol. The van der Waals surface area contributed by atoms with Crippen molar-refractivity contribution in [2.75, 3.05) is 7.05 Å². The Morgan fingerprint density at radius 1 is 1.32 bits per heavy atom. The number of allylic oxidation sites excluding steroid dienone is 1. The second-order valence-corrected chi connectivity index (χ2v) is 7.90. The number of rotatable bonds is 6. The van der Waals surface area contributed by atoms with Crippen LogP contribution in [0.5, 0.6) is 0 Å². The molecule has 0 aliphatic heterocycles. The molecular formula is C14H20INO2S. The van der Waals surface area contributed by atoms with Gasteiger partial charge in [0.2, 0.25) is 0 Å². The number of unbranched alkanes of at least 4 members (excludes halogenated alkanes) is 1. The van der Waals surface area contributed by atoms with Gasteiger partial charge < -0.3 is 0 Å². The van der Waals surface area contributed by atoms with Gasteiger partial charge in [-0.2, -0.15) is 0 Å². The Hall–Kier alpha value is -0.560. The second-order valence-electron chi connectivity index (χ2n) is 4.51. The molecule has 1 aromatic rings. The van der Waals surface area contributed by atoms with Crippen LogP contribution in [0.15, 0.2) is 38.9 Å². The van der Waals surface area contributed by atoms with Crippen LogP contribution in [0.25, 0.3) is 0 Å². The molecule has 1 aromatic carbocycles. The van der Waals surface area contributed by atoms with Crippen molar-refractivity contribution in [3.8, 4) is 0 Å². The Labute approximate surface area is 129 Å². The number of nitrogens with zero attached hydrogens (tertiary/aromatic N) is 1. The number of hydrogen-bond acceptors (Lipinski definition) is 2. The fourth-order valence-corrected chi connectivity index (χ4v) is 3.62. The first-order chi connectivity index (χ1) is 8.87. The molecule has 0 spiro atoms. The zero-order valence-electron chi connectivity index (χ0n) is 11.6. The molecule has 0 aliphatic rings. The third kappa shape index (κ3) is 4.80. The Kier molecular flexibility index (Phi) is 6.32. The quantitative estimate of drug-likeness (QED) is 0.683. The molecule has 0 saturated carbocycles. The summed E-state index contributed by atoms with van der Waals surface area (Å²) in [5.41, 5.74) is 1.05. The van der Waals surface area contributed by atoms with Gasteiger partial charge in [-0.25, -0.2) is 8.42 Å². The molecule has 5 heteroatoms. The maximum Gasteiger partial charge on any atom is 0.263 e. The predicted octanol–water partition coefficient (Wildman–Crippen LogP) is 4.08. The molecule has 0 bridgehead atoms. The summed E-state index contributed by atoms with van der Waals surface area (Å²) in [4.78, 5) is 0.330. The SMILES string of the molecule is CCCC/C(I)=C\N(C)S(=O)(=O)c1ccc(C)cc1. The van der Waals surface area contributed by atoms with Crippen LogP contribution < -0.4 is 0 Å². The zero-order valence-corrected chi connectivity index (χ0v) is 14.5. The van der Waals surface area contributed by atoms with E-state index in [2.05, 4.69) is 29.5 Å². The van der Waals surface area contributed by atoms with E-state index in [1.165, 1.54) is 4.31 Å². The van der Waals surface area contributed by atoms with E-state index in [4.69, 9.17) is 0 Å². The summed E-state index contributed by atoms with van der Waals surface area (Å²) in [6, 6.07) is 6.92. The fraction of sp³-hybridized carbons (Fsp3) is 0.429. The van der Waals surface area contributed by atoms with Gasteiger partial charge in [0.1, 0.15) is 0 Å². The van der Waals surface area contributed by atoms with E-state index >= 15 is 0 Å². The Morgan fingerprint density at radius 2 is 1.89 bits per heavy atom. The first-order valence-electron chi connectivity index (χ1n) is 6.29. The van der Waals surface area contributed by atoms with Gasteiger partial charge in [0.15, 0.2) is 0 Å². The van der Waals surface area contributed by atoms with E-state index in [0.717, 1.165) is 28.4 Å². The van der Waals surface area contributed by atoms with Gasteiger partial charge in [0, 0.05) is 16.8 Å². The van der Waals surface area contributed by atoms with Crippen LogP contribution in [-0.2, 0) is 10.0 Å². The van der Waals surface area contributed by atoms with E-state index in [9.17, 15) is 8.42 Å². The molecule has 0 saturated heterocycles. The molecule has 106 valence electrons. The monoisotopic (exact) mass is 393 g/mol. The molecule has 0 radical (unpaired) electrons. The topological polar surface area (TPSA) is 37.4 Å². The highest BCUT2D eigenvalue weighted by Gasteiger charge is 2.18. The Balaban J connectivity index is 2.91. The molecule has 0 aromatic heterocycles. The van der Waals surface area contributed by atoms with Crippen LogP contribution in [0.1, 0.15) is 31.7 Å². The van der Waals surface area contributed by atoms with Gasteiger partial charge in [-0.15, -0.1) is 0 Å². The molecule has 1 rings (SSSR count). The average Bonchev–Trinajstić information content (AvgIpc) is 2.36. The van der Waals surface area contributed by atoms with Crippen molar-refractivity contribution < 1.29 is 8.42 Å². The third-order valence-electron chi connectivity index (χ3n) is 2.79. The number of benzene rings is 1. The lowest BCUT2D eigenvalue weighted by molar-refractivity contribution is 0.538. The summed E-state index contributed by atoms with van der Waals surface area (Å²) < 4.78 is 27.0. The molecule has 19 heavy (non-hydrogen) atoms. The van der Waals surface area contributed by atoms with Crippen molar-refractivity contribution in [2.24, 2.45) is 0 Å². The van der Waals surface area contributed by atoms with Crippen molar-refractivity contribution in [1.82, 2.24) is 4.31 Å². The number of hydrogen-bond donors (Lipinski definition) is 0. The van der Waals surface area contributed by atoms with Crippen LogP contribution in [-0.4, -0.2) is 19.8 Å². The van der Waals surface area contributed by atoms with Crippen LogP contribution in [0, 0.1) is 6.92 Å². The molecular weight excluding hydrogens is 373 g/mol. The number of halogens is 1. The largest absolute Gasteiger partial charge is 0.276 e. The lowest BCUT2D eigenvalue weighted by atomic mass is 10.2. The highest BCUT2D eigenvalue weighted by atomic mass is 127. The lowest BCUT2D eigenvalue weighted by Crippen LogP contribution is -2.21. The number of sulfonamides is 1. The first-order valence-corrected chi connectivity index (χ1v) is 8.80. The summed E-state index contributed by atoms with van der Waals surface area (Å²) in [6.45, 7) is 4.06. The van der Waals surface area contributed by atoms with E-state index in [1.807, 2.05) is 19.1 Å². The normalized spacial score (nSPS) is 12.5. The van der Waals surface area contributed by atoms with Gasteiger partial charge >= 0.3 is 0 Å². The molecule has 0 amide bonds. The minimum atomic E-state index is -3.42. The van der Waals surface area contributed by atoms with Crippen LogP contribution in [0.3, 0.4) is 0 Å². The van der Waals surface area contributed by atoms with Crippen LogP contribution >= 0.6 is 22.6 Å². The molecule has 0 N–H and O–H groups in total. The molecule has 0 heterocycles. The van der Waals surface area contributed by atoms with Crippen molar-refractivity contribution in [2.45, 2.75) is 38.0 Å². The lowest BCUT2D eigenvalue weighted by Gasteiger charge is -2.16. The highest BCUT2D eigenvalue weighted by molar-refractivity contribution is 14.1. The first kappa shape index (κ1) is 16.5. The molecule has 0 aliphatic carbocycles. The Morgan fingerprint density at radius 3 is 2.42 bits per heavy atom. The maximum atomic E-state index is 12.3. The third-order valence-corrected chi connectivity index (χ3v) is 5.34. The fourth-order valence-electron chi connectivity index (χ4n) is 1.55. The van der Waals surface area contributed by atoms with Gasteiger partial charge in [0.05, 0.1) is 4.90 Å². The zero-order chi connectivity index (χ0) is 14.5. The Bertz CT molecular complexity index is 535. The number of aryl methyl sites for hydroxylation is 1. The maximum absolute atomic E-state index is 12.3. The standard InChI is InChI=1S/C14H20INO2S/c1-4-5-6-13(15)11-16(3)19(17,18)14-9-7-12(2)8-10-14/h7-11H,4-6H2,1-3H3/b13-11+. The van der Waals surface area contributed by atoms with Crippen molar-refractivity contribution in [3.05, 3.63) is 39.6 Å². The minimum Gasteiger partial charge on any atom is -0.276 e. The van der Waals surface area contributed by atoms with E-state index < -0.39 is 10.0 Å². The van der Waals surface area contributed by atoms with Crippen molar-refractivity contribution in [3.63, 3.8) is 0 Å².